The van der Waals surface area contributed by atoms with Crippen molar-refractivity contribution in [3.63, 3.8) is 0 Å². The standard InChI is InChI=1S/C23H29N3O2/c27-23(20-6-4-19(5-7-20)15-26-12-2-1-3-13-26)25-22-17-28-16-21(22)14-18-8-10-24-11-9-18/h4-11,21-22H,1-3,12-17H2,(H,25,27). The van der Waals surface area contributed by atoms with Crippen molar-refractivity contribution >= 4 is 5.91 Å². The van der Waals surface area contributed by atoms with Gasteiger partial charge in [-0.3, -0.25) is 14.7 Å². The van der Waals surface area contributed by atoms with Gasteiger partial charge in [0.15, 0.2) is 0 Å². The van der Waals surface area contributed by atoms with Crippen molar-refractivity contribution < 1.29 is 9.53 Å². The first-order chi connectivity index (χ1) is 13.8. The van der Waals surface area contributed by atoms with Crippen molar-refractivity contribution in [2.24, 2.45) is 5.92 Å². The van der Waals surface area contributed by atoms with E-state index < -0.39 is 0 Å². The van der Waals surface area contributed by atoms with E-state index in [1.807, 2.05) is 36.7 Å². The first kappa shape index (κ1) is 19.1. The highest BCUT2D eigenvalue weighted by Crippen LogP contribution is 2.20. The highest BCUT2D eigenvalue weighted by molar-refractivity contribution is 5.94. The molecule has 1 N–H and O–H groups in total. The lowest BCUT2D eigenvalue weighted by atomic mass is 9.95. The Morgan fingerprint density at radius 2 is 1.75 bits per heavy atom. The normalized spacial score (nSPS) is 22.9. The minimum Gasteiger partial charge on any atom is -0.379 e. The van der Waals surface area contributed by atoms with Gasteiger partial charge in [0.05, 0.1) is 19.3 Å². The number of hydrogen-bond acceptors (Lipinski definition) is 4. The van der Waals surface area contributed by atoms with Crippen LogP contribution >= 0.6 is 0 Å². The molecule has 2 saturated heterocycles. The van der Waals surface area contributed by atoms with E-state index in [1.54, 1.807) is 0 Å². The molecule has 0 radical (unpaired) electrons. The van der Waals surface area contributed by atoms with E-state index in [0.29, 0.717) is 19.1 Å². The van der Waals surface area contributed by atoms with Gasteiger partial charge in [0.2, 0.25) is 0 Å². The Morgan fingerprint density at radius 3 is 2.50 bits per heavy atom. The number of aromatic nitrogens is 1. The minimum absolute atomic E-state index is 0.0141. The number of nitrogens with one attached hydrogen (secondary N) is 1. The smallest absolute Gasteiger partial charge is 0.251 e. The number of ether oxygens (including phenoxy) is 1. The van der Waals surface area contributed by atoms with Crippen LogP contribution in [0.2, 0.25) is 0 Å². The average Bonchev–Trinajstić information content (AvgIpc) is 3.16. The van der Waals surface area contributed by atoms with E-state index in [0.717, 1.165) is 18.5 Å². The van der Waals surface area contributed by atoms with Gasteiger partial charge in [-0.2, -0.15) is 0 Å². The van der Waals surface area contributed by atoms with E-state index in [4.69, 9.17) is 4.74 Å². The van der Waals surface area contributed by atoms with Crippen molar-refractivity contribution in [1.29, 1.82) is 0 Å². The monoisotopic (exact) mass is 379 g/mol. The third kappa shape index (κ3) is 4.97. The second-order valence-electron chi connectivity index (χ2n) is 7.97. The molecule has 2 unspecified atom stereocenters. The molecule has 5 heteroatoms. The number of nitrogens with zero attached hydrogens (tertiary/aromatic N) is 2. The molecule has 3 heterocycles. The Hall–Kier alpha value is -2.24. The molecule has 2 aliphatic rings. The summed E-state index contributed by atoms with van der Waals surface area (Å²) in [6.07, 6.45) is 8.45. The summed E-state index contributed by atoms with van der Waals surface area (Å²) in [4.78, 5) is 19.3. The summed E-state index contributed by atoms with van der Waals surface area (Å²) in [6, 6.07) is 12.2. The van der Waals surface area contributed by atoms with Crippen LogP contribution in [-0.2, 0) is 17.7 Å². The highest BCUT2D eigenvalue weighted by Gasteiger charge is 2.29. The number of carbonyl (C=O) groups excluding carboxylic acids is 1. The number of benzene rings is 1. The first-order valence-corrected chi connectivity index (χ1v) is 10.4. The molecule has 0 saturated carbocycles. The summed E-state index contributed by atoms with van der Waals surface area (Å²) in [6.45, 7) is 4.61. The van der Waals surface area contributed by atoms with Gasteiger partial charge in [0.25, 0.3) is 5.91 Å². The lowest BCUT2D eigenvalue weighted by Gasteiger charge is -2.26. The molecule has 28 heavy (non-hydrogen) atoms. The van der Waals surface area contributed by atoms with Gasteiger partial charge < -0.3 is 10.1 Å². The van der Waals surface area contributed by atoms with Gasteiger partial charge in [-0.15, -0.1) is 0 Å². The van der Waals surface area contributed by atoms with Crippen LogP contribution in [0.5, 0.6) is 0 Å². The summed E-state index contributed by atoms with van der Waals surface area (Å²) >= 11 is 0. The molecule has 2 atom stereocenters. The van der Waals surface area contributed by atoms with Crippen LogP contribution in [0.15, 0.2) is 48.8 Å². The van der Waals surface area contributed by atoms with Gasteiger partial charge in [0, 0.05) is 30.4 Å². The molecule has 2 aromatic rings. The maximum absolute atomic E-state index is 12.7. The summed E-state index contributed by atoms with van der Waals surface area (Å²) in [5.41, 5.74) is 3.22. The third-order valence-electron chi connectivity index (χ3n) is 5.83. The van der Waals surface area contributed by atoms with Gasteiger partial charge in [-0.05, 0) is 67.7 Å². The van der Waals surface area contributed by atoms with Crippen LogP contribution in [0, 0.1) is 5.92 Å². The predicted molar refractivity (Wildman–Crippen MR) is 109 cm³/mol. The first-order valence-electron chi connectivity index (χ1n) is 10.4. The molecule has 2 fully saturated rings. The molecule has 4 rings (SSSR count). The van der Waals surface area contributed by atoms with Gasteiger partial charge in [0.1, 0.15) is 0 Å². The molecule has 1 aromatic carbocycles. The molecule has 1 amide bonds. The van der Waals surface area contributed by atoms with Crippen molar-refractivity contribution in [3.8, 4) is 0 Å². The largest absolute Gasteiger partial charge is 0.379 e. The fraction of sp³-hybridized carbons (Fsp3) is 0.478. The fourth-order valence-electron chi connectivity index (χ4n) is 4.17. The van der Waals surface area contributed by atoms with E-state index in [-0.39, 0.29) is 11.9 Å². The van der Waals surface area contributed by atoms with E-state index >= 15 is 0 Å². The second kappa shape index (κ2) is 9.30. The zero-order valence-corrected chi connectivity index (χ0v) is 16.3. The fourth-order valence-corrected chi connectivity index (χ4v) is 4.17. The van der Waals surface area contributed by atoms with Crippen LogP contribution in [0.4, 0.5) is 0 Å². The molecular weight excluding hydrogens is 350 g/mol. The van der Waals surface area contributed by atoms with E-state index in [9.17, 15) is 4.79 Å². The topological polar surface area (TPSA) is 54.5 Å². The second-order valence-corrected chi connectivity index (χ2v) is 7.97. The van der Waals surface area contributed by atoms with Crippen molar-refractivity contribution in [1.82, 2.24) is 15.2 Å². The number of rotatable bonds is 6. The summed E-state index contributed by atoms with van der Waals surface area (Å²) in [7, 11) is 0. The minimum atomic E-state index is -0.0141. The molecule has 0 spiro atoms. The predicted octanol–water partition coefficient (Wildman–Crippen LogP) is 3.06. The number of hydrogen-bond donors (Lipinski definition) is 1. The van der Waals surface area contributed by atoms with Crippen LogP contribution in [0.25, 0.3) is 0 Å². The van der Waals surface area contributed by atoms with Crippen LogP contribution in [0.1, 0.15) is 40.7 Å². The number of pyridine rings is 1. The average molecular weight is 380 g/mol. The van der Waals surface area contributed by atoms with Gasteiger partial charge in [-0.25, -0.2) is 0 Å². The quantitative estimate of drug-likeness (QED) is 0.838. The number of likely N-dealkylation sites (tertiary alicyclic amines) is 1. The Balaban J connectivity index is 1.32. The van der Waals surface area contributed by atoms with E-state index in [2.05, 4.69) is 27.3 Å². The molecule has 1 aromatic heterocycles. The van der Waals surface area contributed by atoms with E-state index in [1.165, 1.54) is 43.5 Å². The summed E-state index contributed by atoms with van der Waals surface area (Å²) in [5, 5.41) is 3.18. The van der Waals surface area contributed by atoms with Crippen molar-refractivity contribution in [2.75, 3.05) is 26.3 Å². The van der Waals surface area contributed by atoms with Gasteiger partial charge in [-0.1, -0.05) is 18.6 Å². The zero-order chi connectivity index (χ0) is 19.2. The number of carbonyl (C=O) groups is 1. The third-order valence-corrected chi connectivity index (χ3v) is 5.83. The Labute approximate surface area is 167 Å². The van der Waals surface area contributed by atoms with Crippen LogP contribution in [0.3, 0.4) is 0 Å². The Bertz CT molecular complexity index is 757. The maximum Gasteiger partial charge on any atom is 0.251 e. The van der Waals surface area contributed by atoms with Gasteiger partial charge >= 0.3 is 0 Å². The maximum atomic E-state index is 12.7. The molecule has 0 aliphatic carbocycles. The lowest BCUT2D eigenvalue weighted by Crippen LogP contribution is -2.40. The zero-order valence-electron chi connectivity index (χ0n) is 16.3. The number of amides is 1. The SMILES string of the molecule is O=C(NC1COCC1Cc1ccncc1)c1ccc(CN2CCCCC2)cc1. The van der Waals surface area contributed by atoms with Crippen LogP contribution < -0.4 is 5.32 Å². The summed E-state index contributed by atoms with van der Waals surface area (Å²) < 4.78 is 5.65. The highest BCUT2D eigenvalue weighted by atomic mass is 16.5. The van der Waals surface area contributed by atoms with Crippen LogP contribution in [-0.4, -0.2) is 48.1 Å². The molecule has 148 valence electrons. The Kier molecular flexibility index (Phi) is 6.34. The molecule has 2 aliphatic heterocycles. The lowest BCUT2D eigenvalue weighted by molar-refractivity contribution is 0.0925. The van der Waals surface area contributed by atoms with Crippen molar-refractivity contribution in [3.05, 3.63) is 65.5 Å². The molecule has 0 bridgehead atoms. The summed E-state index contributed by atoms with van der Waals surface area (Å²) in [5.74, 6) is 0.282. The number of piperidine rings is 1. The molecular formula is C23H29N3O2. The Morgan fingerprint density at radius 1 is 1.00 bits per heavy atom. The van der Waals surface area contributed by atoms with Crippen molar-refractivity contribution in [2.45, 2.75) is 38.3 Å². The molecule has 5 nitrogen and oxygen atoms in total.